The number of aliphatic hydroxyl groups is 1. The minimum absolute atomic E-state index is 0.0261. The lowest BCUT2D eigenvalue weighted by Crippen LogP contribution is -2.23. The Morgan fingerprint density at radius 2 is 2.06 bits per heavy atom. The van der Waals surface area contributed by atoms with Crippen LogP contribution in [0.3, 0.4) is 0 Å². The van der Waals surface area contributed by atoms with Crippen LogP contribution in [0.15, 0.2) is 54.7 Å². The number of pyridine rings is 2. The Kier molecular flexibility index (Phi) is 6.07. The number of benzene rings is 1. The van der Waals surface area contributed by atoms with E-state index in [1.54, 1.807) is 6.20 Å². The Morgan fingerprint density at radius 3 is 2.85 bits per heavy atom. The van der Waals surface area contributed by atoms with Crippen molar-refractivity contribution in [3.05, 3.63) is 77.2 Å². The molecule has 0 saturated carbocycles. The minimum atomic E-state index is -0.0261. The van der Waals surface area contributed by atoms with E-state index in [1.165, 1.54) is 5.56 Å². The smallest absolute Gasteiger partial charge is 0.165 e. The lowest BCUT2D eigenvalue weighted by molar-refractivity contribution is 0.243. The first kappa shape index (κ1) is 21.6. The Labute approximate surface area is 193 Å². The largest absolute Gasteiger partial charge is 0.494 e. The van der Waals surface area contributed by atoms with E-state index in [9.17, 15) is 5.11 Å². The molecule has 0 amide bonds. The molecular formula is C26H29N5O2. The summed E-state index contributed by atoms with van der Waals surface area (Å²) in [5, 5.41) is 15.5. The molecule has 7 heteroatoms. The van der Waals surface area contributed by atoms with Crippen LogP contribution in [-0.4, -0.2) is 42.9 Å². The normalized spacial score (nSPS) is 16.5. The van der Waals surface area contributed by atoms with Gasteiger partial charge in [0.1, 0.15) is 5.75 Å². The van der Waals surface area contributed by atoms with E-state index in [2.05, 4.69) is 34.1 Å². The number of fused-ring (bicyclic) bond motifs is 1. The fraction of sp³-hybridized carbons (Fsp3) is 0.346. The lowest BCUT2D eigenvalue weighted by Gasteiger charge is -2.24. The van der Waals surface area contributed by atoms with Crippen LogP contribution in [0.5, 0.6) is 5.75 Å². The van der Waals surface area contributed by atoms with Crippen molar-refractivity contribution in [2.45, 2.75) is 45.9 Å². The molecule has 0 spiro atoms. The highest BCUT2D eigenvalue weighted by molar-refractivity contribution is 5.79. The highest BCUT2D eigenvalue weighted by Crippen LogP contribution is 2.34. The topological polar surface area (TPSA) is 76.3 Å². The van der Waals surface area contributed by atoms with Gasteiger partial charge in [-0.25, -0.2) is 9.97 Å². The van der Waals surface area contributed by atoms with Gasteiger partial charge in [-0.05, 0) is 75.2 Å². The number of ether oxygens (including phenoxy) is 1. The van der Waals surface area contributed by atoms with Gasteiger partial charge in [0.05, 0.1) is 30.6 Å². The molecule has 0 unspecified atom stereocenters. The second-order valence-electron chi connectivity index (χ2n) is 8.45. The molecule has 3 aromatic heterocycles. The van der Waals surface area contributed by atoms with Crippen LogP contribution in [0.4, 0.5) is 0 Å². The Hall–Kier alpha value is -3.29. The summed E-state index contributed by atoms with van der Waals surface area (Å²) in [4.78, 5) is 12.0. The van der Waals surface area contributed by atoms with E-state index in [0.717, 1.165) is 65.5 Å². The first-order valence-electron chi connectivity index (χ1n) is 11.5. The Balaban J connectivity index is 1.45. The van der Waals surface area contributed by atoms with Crippen molar-refractivity contribution >= 4 is 11.0 Å². The molecule has 1 saturated heterocycles. The van der Waals surface area contributed by atoms with Crippen molar-refractivity contribution in [1.82, 2.24) is 24.6 Å². The summed E-state index contributed by atoms with van der Waals surface area (Å²) in [6.07, 6.45) is 3.98. The zero-order valence-corrected chi connectivity index (χ0v) is 19.1. The molecule has 0 radical (unpaired) electrons. The van der Waals surface area contributed by atoms with Crippen molar-refractivity contribution in [1.29, 1.82) is 0 Å². The number of aliphatic hydroxyl groups excluding tert-OH is 1. The van der Waals surface area contributed by atoms with Crippen LogP contribution in [0.25, 0.3) is 16.9 Å². The molecule has 0 aliphatic carbocycles. The van der Waals surface area contributed by atoms with Crippen LogP contribution >= 0.6 is 0 Å². The molecular weight excluding hydrogens is 414 g/mol. The zero-order chi connectivity index (χ0) is 22.8. The summed E-state index contributed by atoms with van der Waals surface area (Å²) in [5.74, 6) is 1.53. The van der Waals surface area contributed by atoms with Gasteiger partial charge in [0.2, 0.25) is 0 Å². The maximum Gasteiger partial charge on any atom is 0.165 e. The van der Waals surface area contributed by atoms with E-state index in [-0.39, 0.29) is 12.6 Å². The third-order valence-electron chi connectivity index (χ3n) is 6.29. The maximum absolute atomic E-state index is 9.77. The fourth-order valence-electron chi connectivity index (χ4n) is 4.72. The Morgan fingerprint density at radius 1 is 1.15 bits per heavy atom. The molecule has 33 heavy (non-hydrogen) atoms. The van der Waals surface area contributed by atoms with Gasteiger partial charge < -0.3 is 9.84 Å². The summed E-state index contributed by atoms with van der Waals surface area (Å²) in [5.41, 5.74) is 4.86. The highest BCUT2D eigenvalue weighted by atomic mass is 16.5. The number of hydrogen-bond donors (Lipinski definition) is 1. The van der Waals surface area contributed by atoms with E-state index < -0.39 is 0 Å². The van der Waals surface area contributed by atoms with Crippen LogP contribution in [0.2, 0.25) is 0 Å². The standard InChI is InChI=1S/C26H29N5O2/c1-3-33-24-12-9-19(15-20(24)17-32)16-30-14-6-7-23(30)22-11-10-21-18(2)29-31(26(21)28-22)25-8-4-5-13-27-25/h4-5,8-13,15,23,32H,3,6-7,14,16-17H2,1-2H3/t23-/m1/s1. The average molecular weight is 444 g/mol. The van der Waals surface area contributed by atoms with Gasteiger partial charge in [-0.3, -0.25) is 4.90 Å². The van der Waals surface area contributed by atoms with Crippen LogP contribution in [0.1, 0.15) is 48.3 Å². The van der Waals surface area contributed by atoms with E-state index in [1.807, 2.05) is 42.8 Å². The Bertz CT molecular complexity index is 1250. The molecule has 1 aliphatic heterocycles. The predicted octanol–water partition coefficient (Wildman–Crippen LogP) is 4.35. The summed E-state index contributed by atoms with van der Waals surface area (Å²) in [6.45, 7) is 6.35. The second kappa shape index (κ2) is 9.29. The van der Waals surface area contributed by atoms with Gasteiger partial charge in [0.25, 0.3) is 0 Å². The number of hydrogen-bond acceptors (Lipinski definition) is 6. The molecule has 1 fully saturated rings. The number of aromatic nitrogens is 4. The van der Waals surface area contributed by atoms with Gasteiger partial charge in [0, 0.05) is 23.7 Å². The van der Waals surface area contributed by atoms with Gasteiger partial charge >= 0.3 is 0 Å². The van der Waals surface area contributed by atoms with Crippen molar-refractivity contribution in [3.63, 3.8) is 0 Å². The molecule has 1 aromatic carbocycles. The zero-order valence-electron chi connectivity index (χ0n) is 19.1. The minimum Gasteiger partial charge on any atom is -0.494 e. The van der Waals surface area contributed by atoms with Crippen molar-refractivity contribution in [2.75, 3.05) is 13.2 Å². The average Bonchev–Trinajstić information content (AvgIpc) is 3.44. The van der Waals surface area contributed by atoms with Crippen LogP contribution < -0.4 is 4.74 Å². The van der Waals surface area contributed by atoms with E-state index in [0.29, 0.717) is 6.61 Å². The molecule has 4 aromatic rings. The predicted molar refractivity (Wildman–Crippen MR) is 127 cm³/mol. The molecule has 4 heterocycles. The summed E-state index contributed by atoms with van der Waals surface area (Å²) in [7, 11) is 0. The lowest BCUT2D eigenvalue weighted by atomic mass is 10.1. The number of likely N-dealkylation sites (tertiary alicyclic amines) is 1. The van der Waals surface area contributed by atoms with Gasteiger partial charge in [-0.15, -0.1) is 0 Å². The molecule has 5 rings (SSSR count). The molecule has 170 valence electrons. The number of rotatable bonds is 7. The summed E-state index contributed by atoms with van der Waals surface area (Å²) in [6, 6.07) is 16.4. The first-order chi connectivity index (χ1) is 16.2. The number of nitrogens with zero attached hydrogens (tertiary/aromatic N) is 5. The molecule has 1 aliphatic rings. The number of aryl methyl sites for hydroxylation is 1. The van der Waals surface area contributed by atoms with Crippen molar-refractivity contribution in [2.24, 2.45) is 0 Å². The van der Waals surface area contributed by atoms with Crippen molar-refractivity contribution in [3.8, 4) is 11.6 Å². The highest BCUT2D eigenvalue weighted by Gasteiger charge is 2.28. The first-order valence-corrected chi connectivity index (χ1v) is 11.5. The van der Waals surface area contributed by atoms with Gasteiger partial charge in [0.15, 0.2) is 11.5 Å². The summed E-state index contributed by atoms with van der Waals surface area (Å²) >= 11 is 0. The SMILES string of the molecule is CCOc1ccc(CN2CCC[C@@H]2c2ccc3c(C)nn(-c4ccccn4)c3n2)cc1CO. The molecule has 0 bridgehead atoms. The van der Waals surface area contributed by atoms with Crippen LogP contribution in [0, 0.1) is 6.92 Å². The van der Waals surface area contributed by atoms with Gasteiger partial charge in [-0.1, -0.05) is 12.1 Å². The maximum atomic E-state index is 9.77. The van der Waals surface area contributed by atoms with Crippen molar-refractivity contribution < 1.29 is 9.84 Å². The quantitative estimate of drug-likeness (QED) is 0.458. The molecule has 1 atom stereocenters. The third kappa shape index (κ3) is 4.21. The molecule has 1 N–H and O–H groups in total. The molecule has 7 nitrogen and oxygen atoms in total. The summed E-state index contributed by atoms with van der Waals surface area (Å²) < 4.78 is 7.48. The monoisotopic (exact) mass is 443 g/mol. The van der Waals surface area contributed by atoms with Gasteiger partial charge in [-0.2, -0.15) is 9.78 Å². The van der Waals surface area contributed by atoms with E-state index in [4.69, 9.17) is 14.8 Å². The van der Waals surface area contributed by atoms with Crippen LogP contribution in [-0.2, 0) is 13.2 Å². The third-order valence-corrected chi connectivity index (χ3v) is 6.29. The van der Waals surface area contributed by atoms with E-state index >= 15 is 0 Å². The fourth-order valence-corrected chi connectivity index (χ4v) is 4.72. The second-order valence-corrected chi connectivity index (χ2v) is 8.45.